The number of hydrogen-bond acceptors (Lipinski definition) is 7. The molecule has 5 rings (SSSR count). The molecule has 0 fully saturated rings. The van der Waals surface area contributed by atoms with Crippen LogP contribution in [-0.4, -0.2) is 43.2 Å². The number of fused-ring (bicyclic) bond motifs is 1. The number of benzene rings is 3. The van der Waals surface area contributed by atoms with Gasteiger partial charge in [0.1, 0.15) is 16.1 Å². The van der Waals surface area contributed by atoms with Crippen molar-refractivity contribution in [1.29, 1.82) is 0 Å². The normalized spacial score (nSPS) is 11.9. The summed E-state index contributed by atoms with van der Waals surface area (Å²) in [5.74, 6) is -0.794. The summed E-state index contributed by atoms with van der Waals surface area (Å²) < 4.78 is 0. The van der Waals surface area contributed by atoms with Crippen molar-refractivity contribution in [2.45, 2.75) is 39.8 Å². The molecule has 0 aliphatic rings. The number of amides is 1. The summed E-state index contributed by atoms with van der Waals surface area (Å²) in [6, 6.07) is 18.1. The second-order valence-electron chi connectivity index (χ2n) is 9.50. The standard InChI is InChI=1S/C29H28N6O3S/c1-16-12-17(2)25(18(3)13-16)26(36)31-23(28(37)38)14-19-8-10-20(11-9-19)27-35-34-24(39-27)15-30-29-32-21-6-4-5-7-22(21)33-29/h4-13,23H,14-15H2,1-3H3,(H,31,36)(H,37,38)(H2,30,32,33). The maximum Gasteiger partial charge on any atom is 0.326 e. The quantitative estimate of drug-likeness (QED) is 0.206. The predicted octanol–water partition coefficient (Wildman–Crippen LogP) is 5.04. The van der Waals surface area contributed by atoms with Crippen LogP contribution in [0.25, 0.3) is 21.6 Å². The van der Waals surface area contributed by atoms with Crippen LogP contribution in [0.1, 0.15) is 37.6 Å². The van der Waals surface area contributed by atoms with Gasteiger partial charge in [-0.2, -0.15) is 0 Å². The number of aryl methyl sites for hydroxylation is 3. The number of carbonyl (C=O) groups is 2. The van der Waals surface area contributed by atoms with E-state index in [9.17, 15) is 14.7 Å². The highest BCUT2D eigenvalue weighted by Crippen LogP contribution is 2.25. The predicted molar refractivity (Wildman–Crippen MR) is 152 cm³/mol. The second kappa shape index (κ2) is 11.0. The number of nitrogens with one attached hydrogen (secondary N) is 3. The van der Waals surface area contributed by atoms with Gasteiger partial charge < -0.3 is 20.7 Å². The van der Waals surface area contributed by atoms with E-state index in [1.165, 1.54) is 11.3 Å². The molecule has 2 aromatic heterocycles. The Morgan fingerprint density at radius 2 is 1.72 bits per heavy atom. The number of H-pyrrole nitrogens is 1. The molecular weight excluding hydrogens is 512 g/mol. The molecule has 2 heterocycles. The summed E-state index contributed by atoms with van der Waals surface area (Å²) in [4.78, 5) is 32.6. The molecule has 0 spiro atoms. The molecule has 0 bridgehead atoms. The van der Waals surface area contributed by atoms with Crippen molar-refractivity contribution in [3.8, 4) is 10.6 Å². The van der Waals surface area contributed by atoms with Gasteiger partial charge in [-0.05, 0) is 49.6 Å². The van der Waals surface area contributed by atoms with Crippen LogP contribution < -0.4 is 10.6 Å². The Morgan fingerprint density at radius 1 is 1.00 bits per heavy atom. The highest BCUT2D eigenvalue weighted by Gasteiger charge is 2.23. The lowest BCUT2D eigenvalue weighted by Crippen LogP contribution is -2.42. The lowest BCUT2D eigenvalue weighted by Gasteiger charge is -2.17. The van der Waals surface area contributed by atoms with Crippen LogP contribution in [0.3, 0.4) is 0 Å². The lowest BCUT2D eigenvalue weighted by molar-refractivity contribution is -0.139. The Balaban J connectivity index is 1.22. The highest BCUT2D eigenvalue weighted by atomic mass is 32.1. The summed E-state index contributed by atoms with van der Waals surface area (Å²) in [7, 11) is 0. The number of carboxylic acid groups (broad SMARTS) is 1. The second-order valence-corrected chi connectivity index (χ2v) is 10.6. The minimum absolute atomic E-state index is 0.161. The van der Waals surface area contributed by atoms with Crippen molar-refractivity contribution >= 4 is 40.2 Å². The van der Waals surface area contributed by atoms with Crippen LogP contribution in [0, 0.1) is 20.8 Å². The van der Waals surface area contributed by atoms with E-state index in [2.05, 4.69) is 30.8 Å². The number of hydrogen-bond donors (Lipinski definition) is 4. The lowest BCUT2D eigenvalue weighted by atomic mass is 9.98. The third-order valence-corrected chi connectivity index (χ3v) is 7.38. The van der Waals surface area contributed by atoms with Gasteiger partial charge in [0.15, 0.2) is 0 Å². The largest absolute Gasteiger partial charge is 0.480 e. The maximum absolute atomic E-state index is 12.9. The fourth-order valence-electron chi connectivity index (χ4n) is 4.63. The molecule has 1 amide bonds. The van der Waals surface area contributed by atoms with Gasteiger partial charge in [0.25, 0.3) is 5.91 Å². The third kappa shape index (κ3) is 5.96. The van der Waals surface area contributed by atoms with Crippen LogP contribution in [0.15, 0.2) is 60.7 Å². The molecule has 0 radical (unpaired) electrons. The molecule has 1 unspecified atom stereocenters. The van der Waals surface area contributed by atoms with Crippen LogP contribution in [0.2, 0.25) is 0 Å². The zero-order valence-corrected chi connectivity index (χ0v) is 22.6. The van der Waals surface area contributed by atoms with E-state index in [4.69, 9.17) is 0 Å². The number of carboxylic acids is 1. The molecule has 4 N–H and O–H groups in total. The molecule has 3 aromatic carbocycles. The average Bonchev–Trinajstić information content (AvgIpc) is 3.54. The maximum atomic E-state index is 12.9. The number of aliphatic carboxylic acids is 1. The Hall–Kier alpha value is -4.57. The summed E-state index contributed by atoms with van der Waals surface area (Å²) in [6.45, 7) is 6.16. The zero-order chi connectivity index (χ0) is 27.5. The minimum atomic E-state index is -1.08. The molecule has 0 aliphatic carbocycles. The summed E-state index contributed by atoms with van der Waals surface area (Å²) in [6.07, 6.45) is 0.161. The van der Waals surface area contributed by atoms with Crippen LogP contribution in [-0.2, 0) is 17.8 Å². The number of imidazole rings is 1. The number of aromatic nitrogens is 4. The van der Waals surface area contributed by atoms with E-state index in [1.807, 2.05) is 81.4 Å². The van der Waals surface area contributed by atoms with Gasteiger partial charge >= 0.3 is 5.97 Å². The number of para-hydroxylation sites is 2. The highest BCUT2D eigenvalue weighted by molar-refractivity contribution is 7.14. The van der Waals surface area contributed by atoms with Gasteiger partial charge in [-0.15, -0.1) is 10.2 Å². The van der Waals surface area contributed by atoms with Crippen LogP contribution in [0.5, 0.6) is 0 Å². The number of carbonyl (C=O) groups excluding carboxylic acids is 1. The van der Waals surface area contributed by atoms with Crippen LogP contribution in [0.4, 0.5) is 5.95 Å². The molecule has 1 atom stereocenters. The number of nitrogens with zero attached hydrogens (tertiary/aromatic N) is 3. The fourth-order valence-corrected chi connectivity index (χ4v) is 5.41. The van der Waals surface area contributed by atoms with E-state index in [0.29, 0.717) is 18.1 Å². The topological polar surface area (TPSA) is 133 Å². The van der Waals surface area contributed by atoms with Crippen molar-refractivity contribution in [2.24, 2.45) is 0 Å². The van der Waals surface area contributed by atoms with Gasteiger partial charge in [0.2, 0.25) is 5.95 Å². The first kappa shape index (κ1) is 26.1. The molecule has 10 heteroatoms. The van der Waals surface area contributed by atoms with E-state index in [0.717, 1.165) is 48.9 Å². The fraction of sp³-hybridized carbons (Fsp3) is 0.207. The Bertz CT molecular complexity index is 1600. The summed E-state index contributed by atoms with van der Waals surface area (Å²) >= 11 is 1.47. The zero-order valence-electron chi connectivity index (χ0n) is 21.8. The van der Waals surface area contributed by atoms with Gasteiger partial charge in [-0.25, -0.2) is 9.78 Å². The van der Waals surface area contributed by atoms with Crippen molar-refractivity contribution in [1.82, 2.24) is 25.5 Å². The van der Waals surface area contributed by atoms with E-state index >= 15 is 0 Å². The first-order chi connectivity index (χ1) is 18.8. The number of rotatable bonds is 9. The first-order valence-electron chi connectivity index (χ1n) is 12.5. The van der Waals surface area contributed by atoms with Gasteiger partial charge in [0.05, 0.1) is 17.6 Å². The number of anilines is 1. The molecule has 0 saturated heterocycles. The van der Waals surface area contributed by atoms with Gasteiger partial charge in [0, 0.05) is 17.5 Å². The first-order valence-corrected chi connectivity index (χ1v) is 13.3. The van der Waals surface area contributed by atoms with Crippen molar-refractivity contribution < 1.29 is 14.7 Å². The SMILES string of the molecule is Cc1cc(C)c(C(=O)NC(Cc2ccc(-c3nnc(CNc4nc5ccccc5[nH]4)s3)cc2)C(=O)O)c(C)c1. The molecule has 5 aromatic rings. The summed E-state index contributed by atoms with van der Waals surface area (Å²) in [5, 5.41) is 25.9. The molecule has 0 saturated carbocycles. The molecular formula is C29H28N6O3S. The van der Waals surface area contributed by atoms with E-state index in [1.54, 1.807) is 0 Å². The molecule has 39 heavy (non-hydrogen) atoms. The Labute approximate surface area is 229 Å². The molecule has 9 nitrogen and oxygen atoms in total. The van der Waals surface area contributed by atoms with Gasteiger partial charge in [-0.1, -0.05) is 65.4 Å². The Morgan fingerprint density at radius 3 is 2.41 bits per heavy atom. The average molecular weight is 541 g/mol. The number of aromatic amines is 1. The molecule has 0 aliphatic heterocycles. The summed E-state index contributed by atoms with van der Waals surface area (Å²) in [5.41, 5.74) is 6.75. The van der Waals surface area contributed by atoms with Crippen molar-refractivity contribution in [2.75, 3.05) is 5.32 Å². The third-order valence-electron chi connectivity index (χ3n) is 6.41. The van der Waals surface area contributed by atoms with Gasteiger partial charge in [-0.3, -0.25) is 4.79 Å². The van der Waals surface area contributed by atoms with Crippen molar-refractivity contribution in [3.05, 3.63) is 93.5 Å². The monoisotopic (exact) mass is 540 g/mol. The van der Waals surface area contributed by atoms with E-state index < -0.39 is 12.0 Å². The van der Waals surface area contributed by atoms with Crippen LogP contribution >= 0.6 is 11.3 Å². The Kier molecular flexibility index (Phi) is 7.38. The van der Waals surface area contributed by atoms with E-state index in [-0.39, 0.29) is 12.3 Å². The van der Waals surface area contributed by atoms with Crippen molar-refractivity contribution in [3.63, 3.8) is 0 Å². The smallest absolute Gasteiger partial charge is 0.326 e. The molecule has 198 valence electrons. The minimum Gasteiger partial charge on any atom is -0.480 e.